The van der Waals surface area contributed by atoms with Crippen molar-refractivity contribution in [2.75, 3.05) is 11.1 Å². The van der Waals surface area contributed by atoms with Gasteiger partial charge in [0.2, 0.25) is 5.91 Å². The molecular formula is C16H14N4O2S2. The Morgan fingerprint density at radius 3 is 2.79 bits per heavy atom. The minimum atomic E-state index is -0.248. The molecule has 0 saturated carbocycles. The zero-order valence-corrected chi connectivity index (χ0v) is 14.4. The molecule has 6 nitrogen and oxygen atoms in total. The number of thiazole rings is 1. The van der Waals surface area contributed by atoms with E-state index >= 15 is 0 Å². The van der Waals surface area contributed by atoms with E-state index in [1.807, 2.05) is 42.6 Å². The van der Waals surface area contributed by atoms with Crippen molar-refractivity contribution in [3.63, 3.8) is 0 Å². The maximum absolute atomic E-state index is 11.9. The number of rotatable bonds is 5. The van der Waals surface area contributed by atoms with E-state index in [1.165, 1.54) is 29.2 Å². The predicted octanol–water partition coefficient (Wildman–Crippen LogP) is 2.93. The number of nitrogens with zero attached hydrogens (tertiary/aromatic N) is 2. The molecule has 8 heteroatoms. The lowest BCUT2D eigenvalue weighted by Crippen LogP contribution is -2.15. The molecule has 0 aliphatic carbocycles. The predicted molar refractivity (Wildman–Crippen MR) is 96.5 cm³/mol. The third-order valence-corrected chi connectivity index (χ3v) is 4.74. The molecule has 0 fully saturated rings. The van der Waals surface area contributed by atoms with Crippen LogP contribution in [0.1, 0.15) is 5.69 Å². The van der Waals surface area contributed by atoms with E-state index < -0.39 is 0 Å². The fourth-order valence-corrected chi connectivity index (χ4v) is 3.34. The fraction of sp³-hybridized carbons (Fsp3) is 0.125. The number of carbonyl (C=O) groups is 1. The smallest absolute Gasteiger partial charge is 0.252 e. The second-order valence-electron chi connectivity index (χ2n) is 4.93. The number of H-pyrrole nitrogens is 1. The van der Waals surface area contributed by atoms with Crippen molar-refractivity contribution in [2.24, 2.45) is 0 Å². The van der Waals surface area contributed by atoms with Gasteiger partial charge < -0.3 is 10.3 Å². The van der Waals surface area contributed by atoms with Crippen molar-refractivity contribution in [3.8, 4) is 11.3 Å². The molecule has 24 heavy (non-hydrogen) atoms. The zero-order chi connectivity index (χ0) is 16.9. The second kappa shape index (κ2) is 7.41. The van der Waals surface area contributed by atoms with Crippen molar-refractivity contribution in [1.29, 1.82) is 0 Å². The van der Waals surface area contributed by atoms with E-state index in [9.17, 15) is 9.59 Å². The SMILES string of the molecule is Cc1csc(NC(=O)CSc2nc(-c3ccccc3)cc(=O)[nH]2)n1. The van der Waals surface area contributed by atoms with Gasteiger partial charge in [-0.2, -0.15) is 0 Å². The number of benzene rings is 1. The van der Waals surface area contributed by atoms with Gasteiger partial charge in [0.25, 0.3) is 5.56 Å². The van der Waals surface area contributed by atoms with E-state index in [2.05, 4.69) is 20.3 Å². The van der Waals surface area contributed by atoms with Crippen LogP contribution in [0.15, 0.2) is 51.7 Å². The summed E-state index contributed by atoms with van der Waals surface area (Å²) in [6.45, 7) is 1.87. The summed E-state index contributed by atoms with van der Waals surface area (Å²) >= 11 is 2.55. The number of carbonyl (C=O) groups excluding carboxylic acids is 1. The van der Waals surface area contributed by atoms with Crippen LogP contribution in [0, 0.1) is 6.92 Å². The summed E-state index contributed by atoms with van der Waals surface area (Å²) in [5.74, 6) is -0.0538. The quantitative estimate of drug-likeness (QED) is 0.541. The topological polar surface area (TPSA) is 87.7 Å². The summed E-state index contributed by atoms with van der Waals surface area (Å²) in [6, 6.07) is 10.9. The molecule has 0 saturated heterocycles. The van der Waals surface area contributed by atoms with Crippen LogP contribution in [0.4, 0.5) is 5.13 Å². The highest BCUT2D eigenvalue weighted by molar-refractivity contribution is 7.99. The molecule has 0 aliphatic heterocycles. The molecule has 0 unspecified atom stereocenters. The Bertz CT molecular complexity index is 906. The first-order valence-corrected chi connectivity index (χ1v) is 8.98. The highest BCUT2D eigenvalue weighted by Crippen LogP contribution is 2.19. The Hall–Kier alpha value is -2.45. The Morgan fingerprint density at radius 2 is 2.08 bits per heavy atom. The lowest BCUT2D eigenvalue weighted by molar-refractivity contribution is -0.113. The summed E-state index contributed by atoms with van der Waals surface area (Å²) in [7, 11) is 0. The maximum Gasteiger partial charge on any atom is 0.252 e. The first-order chi connectivity index (χ1) is 11.6. The van der Waals surface area contributed by atoms with Gasteiger partial charge in [0.1, 0.15) is 0 Å². The van der Waals surface area contributed by atoms with Crippen LogP contribution in [0.2, 0.25) is 0 Å². The van der Waals surface area contributed by atoms with E-state index in [4.69, 9.17) is 0 Å². The normalized spacial score (nSPS) is 10.5. The van der Waals surface area contributed by atoms with Gasteiger partial charge >= 0.3 is 0 Å². The molecule has 122 valence electrons. The van der Waals surface area contributed by atoms with Crippen LogP contribution >= 0.6 is 23.1 Å². The van der Waals surface area contributed by atoms with Crippen LogP contribution in [-0.4, -0.2) is 26.6 Å². The first-order valence-electron chi connectivity index (χ1n) is 7.12. The molecule has 1 amide bonds. The van der Waals surface area contributed by atoms with Crippen LogP contribution in [0.25, 0.3) is 11.3 Å². The number of anilines is 1. The highest BCUT2D eigenvalue weighted by Gasteiger charge is 2.09. The van der Waals surface area contributed by atoms with Gasteiger partial charge in [0.05, 0.1) is 17.1 Å². The number of amides is 1. The van der Waals surface area contributed by atoms with Crippen molar-refractivity contribution < 1.29 is 4.79 Å². The number of hydrogen-bond acceptors (Lipinski definition) is 6. The van der Waals surface area contributed by atoms with Gasteiger partial charge in [0, 0.05) is 17.0 Å². The summed E-state index contributed by atoms with van der Waals surface area (Å²) < 4.78 is 0. The lowest BCUT2D eigenvalue weighted by Gasteiger charge is -2.04. The average molecular weight is 358 g/mol. The fourth-order valence-electron chi connectivity index (χ4n) is 1.96. The Balaban J connectivity index is 1.68. The molecule has 2 aromatic heterocycles. The summed E-state index contributed by atoms with van der Waals surface area (Å²) in [4.78, 5) is 35.0. The average Bonchev–Trinajstić information content (AvgIpc) is 2.98. The largest absolute Gasteiger partial charge is 0.301 e. The van der Waals surface area contributed by atoms with Gasteiger partial charge in [-0.25, -0.2) is 9.97 Å². The molecule has 0 radical (unpaired) electrons. The van der Waals surface area contributed by atoms with Crippen molar-refractivity contribution in [3.05, 3.63) is 57.8 Å². The van der Waals surface area contributed by atoms with E-state index in [-0.39, 0.29) is 17.2 Å². The number of nitrogens with one attached hydrogen (secondary N) is 2. The number of thioether (sulfide) groups is 1. The number of hydrogen-bond donors (Lipinski definition) is 2. The van der Waals surface area contributed by atoms with E-state index in [1.54, 1.807) is 0 Å². The summed E-state index contributed by atoms with van der Waals surface area (Å²) in [5.41, 5.74) is 2.05. The van der Waals surface area contributed by atoms with Crippen molar-refractivity contribution in [2.45, 2.75) is 12.1 Å². The van der Waals surface area contributed by atoms with E-state index in [0.29, 0.717) is 16.0 Å². The molecular weight excluding hydrogens is 344 g/mol. The second-order valence-corrected chi connectivity index (χ2v) is 6.75. The highest BCUT2D eigenvalue weighted by atomic mass is 32.2. The van der Waals surface area contributed by atoms with E-state index in [0.717, 1.165) is 11.3 Å². The molecule has 1 aromatic carbocycles. The standard InChI is InChI=1S/C16H14N4O2S2/c1-10-8-23-15(17-10)20-14(22)9-24-16-18-12(7-13(21)19-16)11-5-3-2-4-6-11/h2-8H,9H2,1H3,(H,17,20,22)(H,18,19,21). The Labute approximate surface area is 146 Å². The van der Waals surface area contributed by atoms with Crippen LogP contribution < -0.4 is 10.9 Å². The first kappa shape index (κ1) is 16.4. The van der Waals surface area contributed by atoms with Crippen molar-refractivity contribution >= 4 is 34.1 Å². The lowest BCUT2D eigenvalue weighted by atomic mass is 10.1. The summed E-state index contributed by atoms with van der Waals surface area (Å²) in [6.07, 6.45) is 0. The molecule has 3 rings (SSSR count). The minimum Gasteiger partial charge on any atom is -0.301 e. The van der Waals surface area contributed by atoms with Gasteiger partial charge in [0.15, 0.2) is 10.3 Å². The van der Waals surface area contributed by atoms with Gasteiger partial charge in [-0.05, 0) is 6.92 Å². The molecule has 0 spiro atoms. The Kier molecular flexibility index (Phi) is 5.07. The molecule has 2 N–H and O–H groups in total. The van der Waals surface area contributed by atoms with Crippen LogP contribution in [-0.2, 0) is 4.79 Å². The Morgan fingerprint density at radius 1 is 1.29 bits per heavy atom. The van der Waals surface area contributed by atoms with Gasteiger partial charge in [-0.15, -0.1) is 11.3 Å². The molecule has 2 heterocycles. The molecule has 3 aromatic rings. The number of aromatic amines is 1. The van der Waals surface area contributed by atoms with Gasteiger partial charge in [-0.3, -0.25) is 9.59 Å². The molecule has 0 aliphatic rings. The molecule has 0 bridgehead atoms. The van der Waals surface area contributed by atoms with Crippen LogP contribution in [0.3, 0.4) is 0 Å². The monoisotopic (exact) mass is 358 g/mol. The van der Waals surface area contributed by atoms with Crippen molar-refractivity contribution in [1.82, 2.24) is 15.0 Å². The third kappa shape index (κ3) is 4.30. The number of aryl methyl sites for hydroxylation is 1. The maximum atomic E-state index is 11.9. The third-order valence-electron chi connectivity index (χ3n) is 2.99. The number of aromatic nitrogens is 3. The summed E-state index contributed by atoms with van der Waals surface area (Å²) in [5, 5.41) is 5.56. The zero-order valence-electron chi connectivity index (χ0n) is 12.8. The van der Waals surface area contributed by atoms with Gasteiger partial charge in [-0.1, -0.05) is 42.1 Å². The molecule has 0 atom stereocenters. The minimum absolute atomic E-state index is 0.139. The van der Waals surface area contributed by atoms with Crippen LogP contribution in [0.5, 0.6) is 0 Å².